The summed E-state index contributed by atoms with van der Waals surface area (Å²) in [4.78, 5) is 35.2. The molecule has 4 rings (SSSR count). The first-order valence-electron chi connectivity index (χ1n) is 12.0. The minimum absolute atomic E-state index is 0.00339. The SMILES string of the molecule is CC(=O)O[C@@H]1CC[C@]2(C)[C@@H]3CC[C@]4(C)C[C@H](OC(C)=O)C[C@H]4[C@H]3C[C@H](OC(C)=O)[C@H]2C1. The van der Waals surface area contributed by atoms with Crippen LogP contribution >= 0.6 is 0 Å². The molecule has 0 radical (unpaired) electrons. The molecule has 6 nitrogen and oxygen atoms in total. The van der Waals surface area contributed by atoms with Crippen molar-refractivity contribution in [3.8, 4) is 0 Å². The van der Waals surface area contributed by atoms with E-state index in [-0.39, 0.29) is 53.0 Å². The van der Waals surface area contributed by atoms with Crippen molar-refractivity contribution in [3.63, 3.8) is 0 Å². The lowest BCUT2D eigenvalue weighted by Crippen LogP contribution is -2.58. The van der Waals surface area contributed by atoms with Gasteiger partial charge in [0.2, 0.25) is 0 Å². The molecule has 9 atom stereocenters. The Morgan fingerprint density at radius 3 is 1.97 bits per heavy atom. The third-order valence-electron chi connectivity index (χ3n) is 9.32. The molecule has 0 aromatic heterocycles. The first kappa shape index (κ1) is 22.6. The molecule has 0 unspecified atom stereocenters. The fourth-order valence-electron chi connectivity index (χ4n) is 8.24. The standard InChI is InChI=1S/C25H38O6/c1-14(26)29-17-6-9-25(5)20-7-8-24(4)13-18(30-15(2)27)11-21(24)19(20)12-23(22(25)10-17)31-16(3)28/h17-23H,6-13H2,1-5H3/t17-,18-,19+,20-,21+,22-,23+,24-,25-/m1/s1. The van der Waals surface area contributed by atoms with E-state index >= 15 is 0 Å². The van der Waals surface area contributed by atoms with E-state index in [1.807, 2.05) is 0 Å². The molecule has 174 valence electrons. The number of carbonyl (C=O) groups excluding carboxylic acids is 3. The van der Waals surface area contributed by atoms with Gasteiger partial charge < -0.3 is 14.2 Å². The highest BCUT2D eigenvalue weighted by atomic mass is 16.6. The topological polar surface area (TPSA) is 78.9 Å². The van der Waals surface area contributed by atoms with Crippen LogP contribution in [0.5, 0.6) is 0 Å². The van der Waals surface area contributed by atoms with Gasteiger partial charge in [0.1, 0.15) is 18.3 Å². The number of rotatable bonds is 3. The Hall–Kier alpha value is -1.59. The zero-order chi connectivity index (χ0) is 22.6. The third kappa shape index (κ3) is 4.11. The summed E-state index contributed by atoms with van der Waals surface area (Å²) in [5.41, 5.74) is 0.251. The lowest BCUT2D eigenvalue weighted by molar-refractivity contribution is -0.195. The molecular weight excluding hydrogens is 396 g/mol. The quantitative estimate of drug-likeness (QED) is 0.483. The van der Waals surface area contributed by atoms with Gasteiger partial charge in [-0.1, -0.05) is 13.8 Å². The van der Waals surface area contributed by atoms with Crippen molar-refractivity contribution in [2.75, 3.05) is 0 Å². The molecule has 0 aromatic rings. The lowest BCUT2D eigenvalue weighted by atomic mass is 9.44. The summed E-state index contributed by atoms with van der Waals surface area (Å²) in [6.07, 6.45) is 7.46. The van der Waals surface area contributed by atoms with Gasteiger partial charge in [-0.2, -0.15) is 0 Å². The van der Waals surface area contributed by atoms with E-state index in [0.29, 0.717) is 17.8 Å². The van der Waals surface area contributed by atoms with E-state index in [2.05, 4.69) is 13.8 Å². The lowest BCUT2D eigenvalue weighted by Gasteiger charge is -2.62. The number of hydrogen-bond donors (Lipinski definition) is 0. The van der Waals surface area contributed by atoms with Gasteiger partial charge in [0.25, 0.3) is 0 Å². The zero-order valence-corrected chi connectivity index (χ0v) is 19.6. The van der Waals surface area contributed by atoms with E-state index in [1.54, 1.807) is 0 Å². The second kappa shape index (κ2) is 8.08. The molecule has 0 heterocycles. The van der Waals surface area contributed by atoms with Crippen molar-refractivity contribution in [2.45, 2.75) is 104 Å². The maximum Gasteiger partial charge on any atom is 0.302 e. The zero-order valence-electron chi connectivity index (χ0n) is 19.6. The van der Waals surface area contributed by atoms with Gasteiger partial charge in [-0.15, -0.1) is 0 Å². The molecule has 4 aliphatic rings. The van der Waals surface area contributed by atoms with E-state index in [9.17, 15) is 14.4 Å². The molecule has 4 fully saturated rings. The molecule has 0 saturated heterocycles. The Bertz CT molecular complexity index is 748. The van der Waals surface area contributed by atoms with Crippen molar-refractivity contribution in [2.24, 2.45) is 34.5 Å². The Labute approximate surface area is 185 Å². The highest BCUT2D eigenvalue weighted by Crippen LogP contribution is 2.66. The number of hydrogen-bond acceptors (Lipinski definition) is 6. The number of esters is 3. The van der Waals surface area contributed by atoms with Crippen LogP contribution in [0.15, 0.2) is 0 Å². The van der Waals surface area contributed by atoms with E-state index in [4.69, 9.17) is 14.2 Å². The summed E-state index contributed by atoms with van der Waals surface area (Å²) >= 11 is 0. The van der Waals surface area contributed by atoms with Crippen LogP contribution in [-0.2, 0) is 28.6 Å². The van der Waals surface area contributed by atoms with Gasteiger partial charge in [0.15, 0.2) is 0 Å². The van der Waals surface area contributed by atoms with Crippen LogP contribution in [0.2, 0.25) is 0 Å². The molecule has 0 aliphatic heterocycles. The Balaban J connectivity index is 1.61. The smallest absolute Gasteiger partial charge is 0.302 e. The van der Waals surface area contributed by atoms with Gasteiger partial charge in [-0.05, 0) is 80.0 Å². The summed E-state index contributed by atoms with van der Waals surface area (Å²) in [7, 11) is 0. The molecule has 4 aliphatic carbocycles. The first-order chi connectivity index (χ1) is 14.5. The average Bonchev–Trinajstić information content (AvgIpc) is 2.97. The van der Waals surface area contributed by atoms with Crippen LogP contribution in [0.1, 0.15) is 86.0 Å². The first-order valence-corrected chi connectivity index (χ1v) is 12.0. The van der Waals surface area contributed by atoms with Crippen LogP contribution in [0.4, 0.5) is 0 Å². The minimum Gasteiger partial charge on any atom is -0.463 e. The van der Waals surface area contributed by atoms with E-state index in [1.165, 1.54) is 27.2 Å². The molecular formula is C25H38O6. The summed E-state index contributed by atoms with van der Waals surface area (Å²) in [5, 5.41) is 0. The van der Waals surface area contributed by atoms with Gasteiger partial charge in [-0.3, -0.25) is 14.4 Å². The molecule has 0 amide bonds. The van der Waals surface area contributed by atoms with Crippen LogP contribution in [0.25, 0.3) is 0 Å². The molecule has 0 spiro atoms. The average molecular weight is 435 g/mol. The number of carbonyl (C=O) groups is 3. The predicted molar refractivity (Wildman–Crippen MR) is 114 cm³/mol. The molecule has 4 saturated carbocycles. The predicted octanol–water partition coefficient (Wildman–Crippen LogP) is 4.43. The summed E-state index contributed by atoms with van der Waals surface area (Å²) in [6.45, 7) is 9.21. The highest BCUT2D eigenvalue weighted by molar-refractivity contribution is 5.67. The number of ether oxygens (including phenoxy) is 3. The fraction of sp³-hybridized carbons (Fsp3) is 0.880. The van der Waals surface area contributed by atoms with Crippen LogP contribution in [-0.4, -0.2) is 36.2 Å². The van der Waals surface area contributed by atoms with Gasteiger partial charge in [0, 0.05) is 26.7 Å². The van der Waals surface area contributed by atoms with Gasteiger partial charge >= 0.3 is 17.9 Å². The molecule has 31 heavy (non-hydrogen) atoms. The molecule has 0 bridgehead atoms. The highest BCUT2D eigenvalue weighted by Gasteiger charge is 2.62. The van der Waals surface area contributed by atoms with Crippen LogP contribution in [0.3, 0.4) is 0 Å². The van der Waals surface area contributed by atoms with Crippen molar-refractivity contribution < 1.29 is 28.6 Å². The normalized spacial score (nSPS) is 46.2. The second-order valence-electron chi connectivity index (χ2n) is 11.2. The maximum atomic E-state index is 12.0. The van der Waals surface area contributed by atoms with Crippen molar-refractivity contribution in [1.29, 1.82) is 0 Å². The minimum atomic E-state index is -0.234. The maximum absolute atomic E-state index is 12.0. The van der Waals surface area contributed by atoms with Gasteiger partial charge in [-0.25, -0.2) is 0 Å². The number of fused-ring (bicyclic) bond motifs is 5. The summed E-state index contributed by atoms with van der Waals surface area (Å²) in [6, 6.07) is 0. The Morgan fingerprint density at radius 1 is 0.710 bits per heavy atom. The van der Waals surface area contributed by atoms with Crippen molar-refractivity contribution in [3.05, 3.63) is 0 Å². The second-order valence-corrected chi connectivity index (χ2v) is 11.2. The Morgan fingerprint density at radius 2 is 1.32 bits per heavy atom. The molecule has 6 heteroatoms. The Kier molecular flexibility index (Phi) is 5.89. The summed E-state index contributed by atoms with van der Waals surface area (Å²) in [5.74, 6) is 1.07. The molecule has 0 N–H and O–H groups in total. The molecule has 0 aromatic carbocycles. The summed E-state index contributed by atoms with van der Waals surface area (Å²) < 4.78 is 17.2. The van der Waals surface area contributed by atoms with Crippen molar-refractivity contribution >= 4 is 17.9 Å². The van der Waals surface area contributed by atoms with E-state index in [0.717, 1.165) is 44.9 Å². The fourth-order valence-corrected chi connectivity index (χ4v) is 8.24. The van der Waals surface area contributed by atoms with Crippen LogP contribution < -0.4 is 0 Å². The van der Waals surface area contributed by atoms with Crippen LogP contribution in [0, 0.1) is 34.5 Å². The monoisotopic (exact) mass is 434 g/mol. The largest absolute Gasteiger partial charge is 0.463 e. The van der Waals surface area contributed by atoms with Crippen molar-refractivity contribution in [1.82, 2.24) is 0 Å². The van der Waals surface area contributed by atoms with E-state index < -0.39 is 0 Å². The van der Waals surface area contributed by atoms with Gasteiger partial charge in [0.05, 0.1) is 0 Å². The third-order valence-corrected chi connectivity index (χ3v) is 9.32.